The molecule has 22 heavy (non-hydrogen) atoms. The number of carboxylic acid groups (broad SMARTS) is 1. The number of carbonyl (C=O) groups is 2. The van der Waals surface area contributed by atoms with E-state index in [1.165, 1.54) is 0 Å². The van der Waals surface area contributed by atoms with Crippen LogP contribution in [0.2, 0.25) is 0 Å². The van der Waals surface area contributed by atoms with Crippen molar-refractivity contribution in [2.75, 3.05) is 11.9 Å². The fraction of sp³-hybridized carbons (Fsp3) is 0.267. The molecule has 1 aromatic carbocycles. The van der Waals surface area contributed by atoms with Gasteiger partial charge in [0.05, 0.1) is 11.9 Å². The van der Waals surface area contributed by atoms with E-state index in [9.17, 15) is 9.59 Å². The first-order chi connectivity index (χ1) is 10.6. The van der Waals surface area contributed by atoms with E-state index < -0.39 is 5.97 Å². The molecule has 2 rings (SSSR count). The summed E-state index contributed by atoms with van der Waals surface area (Å²) >= 11 is 0. The van der Waals surface area contributed by atoms with Crippen molar-refractivity contribution in [2.45, 2.75) is 19.8 Å². The lowest BCUT2D eigenvalue weighted by atomic mass is 10.2. The lowest BCUT2D eigenvalue weighted by Crippen LogP contribution is -2.30. The van der Waals surface area contributed by atoms with Gasteiger partial charge in [0.2, 0.25) is 0 Å². The molecule has 0 aliphatic carbocycles. The Bertz CT molecular complexity index is 666. The van der Waals surface area contributed by atoms with Crippen LogP contribution in [0.3, 0.4) is 0 Å². The summed E-state index contributed by atoms with van der Waals surface area (Å²) in [6.45, 7) is 2.27. The molecular formula is C15H18N4O3. The van der Waals surface area contributed by atoms with Gasteiger partial charge in [0.25, 0.3) is 0 Å². The molecule has 0 unspecified atom stereocenters. The van der Waals surface area contributed by atoms with E-state index in [2.05, 4.69) is 15.7 Å². The summed E-state index contributed by atoms with van der Waals surface area (Å²) in [4.78, 5) is 22.2. The number of amides is 2. The minimum atomic E-state index is -0.875. The quantitative estimate of drug-likeness (QED) is 0.712. The monoisotopic (exact) mass is 302 g/mol. The Labute approximate surface area is 128 Å². The topological polar surface area (TPSA) is 96.3 Å². The third kappa shape index (κ3) is 4.08. The molecule has 0 saturated carbocycles. The molecule has 1 heterocycles. The second-order valence-electron chi connectivity index (χ2n) is 4.79. The summed E-state index contributed by atoms with van der Waals surface area (Å²) in [6, 6.07) is 9.03. The van der Waals surface area contributed by atoms with E-state index in [4.69, 9.17) is 5.11 Å². The third-order valence-corrected chi connectivity index (χ3v) is 3.08. The number of para-hydroxylation sites is 1. The minimum Gasteiger partial charge on any atom is -0.481 e. The Morgan fingerprint density at radius 1 is 1.27 bits per heavy atom. The number of hydrogen-bond donors (Lipinski definition) is 3. The van der Waals surface area contributed by atoms with Crippen molar-refractivity contribution >= 4 is 17.8 Å². The average molecular weight is 302 g/mol. The van der Waals surface area contributed by atoms with Gasteiger partial charge in [0.1, 0.15) is 5.82 Å². The summed E-state index contributed by atoms with van der Waals surface area (Å²) in [6.07, 6.45) is 2.02. The van der Waals surface area contributed by atoms with E-state index >= 15 is 0 Å². The van der Waals surface area contributed by atoms with Gasteiger partial charge < -0.3 is 10.4 Å². The molecule has 0 radical (unpaired) electrons. The van der Waals surface area contributed by atoms with Gasteiger partial charge in [0, 0.05) is 19.0 Å². The van der Waals surface area contributed by atoms with Gasteiger partial charge in [-0.3, -0.25) is 10.1 Å². The summed E-state index contributed by atoms with van der Waals surface area (Å²) in [5.41, 5.74) is 1.92. The first kappa shape index (κ1) is 15.6. The van der Waals surface area contributed by atoms with Crippen LogP contribution in [0.25, 0.3) is 5.69 Å². The number of carboxylic acids is 1. The molecule has 116 valence electrons. The number of urea groups is 1. The van der Waals surface area contributed by atoms with Gasteiger partial charge >= 0.3 is 12.0 Å². The number of rotatable bonds is 6. The number of hydrogen-bond acceptors (Lipinski definition) is 3. The summed E-state index contributed by atoms with van der Waals surface area (Å²) < 4.78 is 1.65. The van der Waals surface area contributed by atoms with E-state index in [0.717, 1.165) is 11.3 Å². The Balaban J connectivity index is 1.97. The number of carbonyl (C=O) groups excluding carboxylic acids is 1. The van der Waals surface area contributed by atoms with Crippen LogP contribution in [-0.2, 0) is 4.79 Å². The maximum Gasteiger partial charge on any atom is 0.320 e. The van der Waals surface area contributed by atoms with Crippen LogP contribution < -0.4 is 10.6 Å². The zero-order valence-electron chi connectivity index (χ0n) is 12.2. The molecule has 2 amide bonds. The lowest BCUT2D eigenvalue weighted by molar-refractivity contribution is -0.137. The number of aliphatic carboxylic acids is 1. The van der Waals surface area contributed by atoms with Crippen molar-refractivity contribution in [3.8, 4) is 5.69 Å². The number of nitrogens with zero attached hydrogens (tertiary/aromatic N) is 2. The van der Waals surface area contributed by atoms with Crippen molar-refractivity contribution in [1.82, 2.24) is 15.1 Å². The highest BCUT2D eigenvalue weighted by Crippen LogP contribution is 2.17. The second-order valence-corrected chi connectivity index (χ2v) is 4.79. The number of aromatic nitrogens is 2. The highest BCUT2D eigenvalue weighted by molar-refractivity contribution is 5.88. The van der Waals surface area contributed by atoms with Crippen LogP contribution in [0.1, 0.15) is 18.4 Å². The van der Waals surface area contributed by atoms with Crippen LogP contribution >= 0.6 is 0 Å². The van der Waals surface area contributed by atoms with Crippen LogP contribution in [-0.4, -0.2) is 33.4 Å². The van der Waals surface area contributed by atoms with Crippen molar-refractivity contribution in [1.29, 1.82) is 0 Å². The number of anilines is 1. The smallest absolute Gasteiger partial charge is 0.320 e. The highest BCUT2D eigenvalue weighted by Gasteiger charge is 2.09. The average Bonchev–Trinajstić information content (AvgIpc) is 2.92. The number of aryl methyl sites for hydroxylation is 1. The van der Waals surface area contributed by atoms with E-state index in [-0.39, 0.29) is 12.5 Å². The van der Waals surface area contributed by atoms with Gasteiger partial charge in [-0.15, -0.1) is 0 Å². The predicted molar refractivity (Wildman–Crippen MR) is 82.2 cm³/mol. The van der Waals surface area contributed by atoms with E-state index in [1.807, 2.05) is 31.2 Å². The molecule has 0 aliphatic heterocycles. The molecule has 0 saturated heterocycles. The molecule has 0 spiro atoms. The summed E-state index contributed by atoms with van der Waals surface area (Å²) in [5, 5.41) is 18.1. The zero-order valence-corrected chi connectivity index (χ0v) is 12.2. The molecular weight excluding hydrogens is 284 g/mol. The van der Waals surface area contributed by atoms with Crippen molar-refractivity contribution in [2.24, 2.45) is 0 Å². The normalized spacial score (nSPS) is 10.2. The first-order valence-corrected chi connectivity index (χ1v) is 6.94. The molecule has 3 N–H and O–H groups in total. The van der Waals surface area contributed by atoms with Crippen molar-refractivity contribution in [3.63, 3.8) is 0 Å². The predicted octanol–water partition coefficient (Wildman–Crippen LogP) is 2.17. The van der Waals surface area contributed by atoms with Gasteiger partial charge in [-0.25, -0.2) is 9.48 Å². The molecule has 0 atom stereocenters. The van der Waals surface area contributed by atoms with Gasteiger partial charge in [-0.05, 0) is 25.0 Å². The van der Waals surface area contributed by atoms with E-state index in [0.29, 0.717) is 18.8 Å². The Morgan fingerprint density at radius 2 is 2.05 bits per heavy atom. The highest BCUT2D eigenvalue weighted by atomic mass is 16.4. The summed E-state index contributed by atoms with van der Waals surface area (Å²) in [7, 11) is 0. The molecule has 1 aromatic heterocycles. The van der Waals surface area contributed by atoms with Crippen molar-refractivity contribution < 1.29 is 14.7 Å². The van der Waals surface area contributed by atoms with Crippen molar-refractivity contribution in [3.05, 3.63) is 42.1 Å². The van der Waals surface area contributed by atoms with Gasteiger partial charge in [-0.2, -0.15) is 5.10 Å². The van der Waals surface area contributed by atoms with Gasteiger partial charge in [0.15, 0.2) is 0 Å². The van der Waals surface area contributed by atoms with Crippen LogP contribution in [0.5, 0.6) is 0 Å². The van der Waals surface area contributed by atoms with Crippen LogP contribution in [0.4, 0.5) is 10.6 Å². The summed E-state index contributed by atoms with van der Waals surface area (Å²) in [5.74, 6) is -0.329. The van der Waals surface area contributed by atoms with Gasteiger partial charge in [-0.1, -0.05) is 18.2 Å². The fourth-order valence-electron chi connectivity index (χ4n) is 1.99. The maximum absolute atomic E-state index is 11.8. The number of benzene rings is 1. The first-order valence-electron chi connectivity index (χ1n) is 6.94. The maximum atomic E-state index is 11.8. The largest absolute Gasteiger partial charge is 0.481 e. The third-order valence-electron chi connectivity index (χ3n) is 3.08. The molecule has 2 aromatic rings. The molecule has 7 nitrogen and oxygen atoms in total. The molecule has 0 aliphatic rings. The SMILES string of the molecule is Cc1ccccc1-n1nccc1NC(=O)NCCCC(=O)O. The standard InChI is InChI=1S/C15H18N4O3/c1-11-5-2-3-6-12(11)19-13(8-10-17-19)18-15(22)16-9-4-7-14(20)21/h2-3,5-6,8,10H,4,7,9H2,1H3,(H,20,21)(H2,16,18,22). The zero-order chi connectivity index (χ0) is 15.9. The van der Waals surface area contributed by atoms with E-state index in [1.54, 1.807) is 16.9 Å². The molecule has 0 fully saturated rings. The number of nitrogens with one attached hydrogen (secondary N) is 2. The second kappa shape index (κ2) is 7.26. The fourth-order valence-corrected chi connectivity index (χ4v) is 1.99. The minimum absolute atomic E-state index is 0.0292. The Hall–Kier alpha value is -2.83. The van der Waals surface area contributed by atoms with Crippen LogP contribution in [0, 0.1) is 6.92 Å². The van der Waals surface area contributed by atoms with Crippen LogP contribution in [0.15, 0.2) is 36.5 Å². The molecule has 7 heteroatoms. The lowest BCUT2D eigenvalue weighted by Gasteiger charge is -2.11. The Kier molecular flexibility index (Phi) is 5.13. The Morgan fingerprint density at radius 3 is 2.77 bits per heavy atom. The molecule has 0 bridgehead atoms.